The van der Waals surface area contributed by atoms with Crippen LogP contribution < -0.4 is 5.73 Å². The van der Waals surface area contributed by atoms with Crippen molar-refractivity contribution in [2.75, 3.05) is 0 Å². The lowest BCUT2D eigenvalue weighted by molar-refractivity contribution is -0.118. The van der Waals surface area contributed by atoms with Crippen LogP contribution in [0.5, 0.6) is 0 Å². The van der Waals surface area contributed by atoms with Crippen LogP contribution in [0.1, 0.15) is 41.6 Å². The molecule has 0 unspecified atom stereocenters. The fraction of sp³-hybridized carbons (Fsp3) is 0.538. The van der Waals surface area contributed by atoms with Crippen molar-refractivity contribution in [2.45, 2.75) is 47.1 Å². The molecule has 1 rings (SSSR count). The molecular formula is C13H26N2O. The van der Waals surface area contributed by atoms with Crippen LogP contribution in [0.2, 0.25) is 0 Å². The summed E-state index contributed by atoms with van der Waals surface area (Å²) in [6.07, 6.45) is 3.99. The molecule has 1 heterocycles. The SMILES string of the molecule is CC.CC.CC(=O)[C@@H](N)Cc1cccnc1.[HH]. The Morgan fingerprint density at radius 3 is 2.38 bits per heavy atom. The van der Waals surface area contributed by atoms with Gasteiger partial charge in [0.15, 0.2) is 0 Å². The summed E-state index contributed by atoms with van der Waals surface area (Å²) in [5.41, 5.74) is 6.57. The van der Waals surface area contributed by atoms with Crippen LogP contribution in [0.15, 0.2) is 24.5 Å². The number of pyridine rings is 1. The molecule has 0 saturated heterocycles. The van der Waals surface area contributed by atoms with Crippen molar-refractivity contribution in [3.63, 3.8) is 0 Å². The van der Waals surface area contributed by atoms with Gasteiger partial charge in [-0.2, -0.15) is 0 Å². The lowest BCUT2D eigenvalue weighted by Crippen LogP contribution is -2.30. The number of Topliss-reactive ketones (excluding diaryl/α,β-unsaturated/α-hetero) is 1. The molecule has 0 aliphatic heterocycles. The first kappa shape index (κ1) is 17.2. The van der Waals surface area contributed by atoms with Gasteiger partial charge in [-0.25, -0.2) is 0 Å². The minimum atomic E-state index is -0.394. The number of hydrogen-bond donors (Lipinski definition) is 1. The third kappa shape index (κ3) is 8.12. The van der Waals surface area contributed by atoms with Crippen molar-refractivity contribution in [2.24, 2.45) is 5.73 Å². The summed E-state index contributed by atoms with van der Waals surface area (Å²) >= 11 is 0. The Morgan fingerprint density at radius 2 is 2.00 bits per heavy atom. The average molecular weight is 226 g/mol. The molecule has 0 aliphatic rings. The molecule has 0 radical (unpaired) electrons. The number of carbonyl (C=O) groups excluding carboxylic acids is 1. The second-order valence-electron chi connectivity index (χ2n) is 2.78. The minimum Gasteiger partial charge on any atom is -0.321 e. The highest BCUT2D eigenvalue weighted by molar-refractivity contribution is 5.81. The van der Waals surface area contributed by atoms with Crippen molar-refractivity contribution in [3.8, 4) is 0 Å². The number of nitrogens with zero attached hydrogens (tertiary/aromatic N) is 1. The summed E-state index contributed by atoms with van der Waals surface area (Å²) in [5.74, 6) is 0.0128. The van der Waals surface area contributed by atoms with Crippen LogP contribution in [0, 0.1) is 0 Å². The van der Waals surface area contributed by atoms with E-state index < -0.39 is 6.04 Å². The summed E-state index contributed by atoms with van der Waals surface area (Å²) in [6, 6.07) is 3.35. The molecule has 3 nitrogen and oxygen atoms in total. The number of aromatic nitrogens is 1. The number of ketones is 1. The molecule has 0 aromatic carbocycles. The molecular weight excluding hydrogens is 200 g/mol. The summed E-state index contributed by atoms with van der Waals surface area (Å²) in [4.78, 5) is 14.7. The van der Waals surface area contributed by atoms with Gasteiger partial charge in [-0.3, -0.25) is 9.78 Å². The summed E-state index contributed by atoms with van der Waals surface area (Å²) in [7, 11) is 0. The van der Waals surface area contributed by atoms with E-state index in [4.69, 9.17) is 5.73 Å². The van der Waals surface area contributed by atoms with Crippen LogP contribution in [-0.4, -0.2) is 16.8 Å². The van der Waals surface area contributed by atoms with E-state index >= 15 is 0 Å². The zero-order chi connectivity index (χ0) is 13.0. The van der Waals surface area contributed by atoms with Crippen molar-refractivity contribution in [3.05, 3.63) is 30.1 Å². The monoisotopic (exact) mass is 226 g/mol. The fourth-order valence-electron chi connectivity index (χ4n) is 0.917. The highest BCUT2D eigenvalue weighted by Crippen LogP contribution is 1.99. The molecule has 0 saturated carbocycles. The first-order valence-electron chi connectivity index (χ1n) is 5.85. The lowest BCUT2D eigenvalue weighted by atomic mass is 10.1. The number of nitrogens with two attached hydrogens (primary N) is 1. The van der Waals surface area contributed by atoms with E-state index in [9.17, 15) is 4.79 Å². The zero-order valence-electron chi connectivity index (χ0n) is 11.0. The molecule has 0 bridgehead atoms. The van der Waals surface area contributed by atoms with Crippen molar-refractivity contribution in [1.82, 2.24) is 4.98 Å². The van der Waals surface area contributed by atoms with E-state index in [2.05, 4.69) is 4.98 Å². The fourth-order valence-corrected chi connectivity index (χ4v) is 0.917. The average Bonchev–Trinajstić information content (AvgIpc) is 2.35. The molecule has 1 aromatic heterocycles. The molecule has 2 N–H and O–H groups in total. The van der Waals surface area contributed by atoms with Gasteiger partial charge in [0.1, 0.15) is 5.78 Å². The van der Waals surface area contributed by atoms with Crippen LogP contribution in [0.3, 0.4) is 0 Å². The molecule has 0 spiro atoms. The quantitative estimate of drug-likeness (QED) is 0.862. The standard InChI is InChI=1S/C9H12N2O.2C2H6.H2/c1-7(12)9(10)5-8-3-2-4-11-6-8;2*1-2;/h2-4,6,9H,5,10H2,1H3;2*1-2H3;1H/t9-;;;/m0.../s1. The maximum Gasteiger partial charge on any atom is 0.146 e. The Hall–Kier alpha value is -1.22. The van der Waals surface area contributed by atoms with E-state index in [0.29, 0.717) is 6.42 Å². The van der Waals surface area contributed by atoms with Crippen LogP contribution in [-0.2, 0) is 11.2 Å². The van der Waals surface area contributed by atoms with Crippen molar-refractivity contribution >= 4 is 5.78 Å². The summed E-state index contributed by atoms with van der Waals surface area (Å²) < 4.78 is 0. The normalized spacial score (nSPS) is 10.1. The Balaban J connectivity index is -0.000000355. The van der Waals surface area contributed by atoms with E-state index in [1.807, 2.05) is 39.8 Å². The van der Waals surface area contributed by atoms with Gasteiger partial charge in [-0.15, -0.1) is 0 Å². The van der Waals surface area contributed by atoms with E-state index in [-0.39, 0.29) is 7.21 Å². The summed E-state index contributed by atoms with van der Waals surface area (Å²) in [5, 5.41) is 0. The first-order valence-corrected chi connectivity index (χ1v) is 5.85. The Bertz CT molecular complexity index is 265. The van der Waals surface area contributed by atoms with Gasteiger partial charge < -0.3 is 5.73 Å². The van der Waals surface area contributed by atoms with Gasteiger partial charge in [-0.05, 0) is 25.0 Å². The van der Waals surface area contributed by atoms with Gasteiger partial charge in [0.05, 0.1) is 6.04 Å². The van der Waals surface area contributed by atoms with E-state index in [0.717, 1.165) is 5.56 Å². The van der Waals surface area contributed by atoms with Gasteiger partial charge in [-0.1, -0.05) is 33.8 Å². The second kappa shape index (κ2) is 11.9. The molecule has 1 aromatic rings. The predicted octanol–water partition coefficient (Wildman–Crippen LogP) is 2.84. The van der Waals surface area contributed by atoms with Crippen LogP contribution in [0.4, 0.5) is 0 Å². The maximum atomic E-state index is 10.8. The zero-order valence-corrected chi connectivity index (χ0v) is 11.0. The number of carbonyl (C=O) groups is 1. The largest absolute Gasteiger partial charge is 0.321 e. The molecule has 0 fully saturated rings. The molecule has 0 amide bonds. The van der Waals surface area contributed by atoms with Crippen molar-refractivity contribution < 1.29 is 6.22 Å². The van der Waals surface area contributed by atoms with Crippen LogP contribution >= 0.6 is 0 Å². The van der Waals surface area contributed by atoms with Gasteiger partial charge in [0.25, 0.3) is 0 Å². The van der Waals surface area contributed by atoms with Gasteiger partial charge in [0, 0.05) is 13.8 Å². The third-order valence-corrected chi connectivity index (χ3v) is 1.70. The highest BCUT2D eigenvalue weighted by atomic mass is 16.1. The maximum absolute atomic E-state index is 10.8. The second-order valence-corrected chi connectivity index (χ2v) is 2.78. The highest BCUT2D eigenvalue weighted by Gasteiger charge is 2.07. The molecule has 94 valence electrons. The predicted molar refractivity (Wildman–Crippen MR) is 71.4 cm³/mol. The Kier molecular flexibility index (Phi) is 12.7. The minimum absolute atomic E-state index is 0. The van der Waals surface area contributed by atoms with Gasteiger partial charge >= 0.3 is 0 Å². The topological polar surface area (TPSA) is 56.0 Å². The lowest BCUT2D eigenvalue weighted by Gasteiger charge is -2.05. The Morgan fingerprint density at radius 1 is 1.44 bits per heavy atom. The van der Waals surface area contributed by atoms with Gasteiger partial charge in [0.2, 0.25) is 0 Å². The smallest absolute Gasteiger partial charge is 0.146 e. The van der Waals surface area contributed by atoms with E-state index in [1.54, 1.807) is 12.4 Å². The first-order chi connectivity index (χ1) is 7.70. The van der Waals surface area contributed by atoms with E-state index in [1.165, 1.54) is 6.92 Å². The molecule has 16 heavy (non-hydrogen) atoms. The molecule has 3 heteroatoms. The third-order valence-electron chi connectivity index (χ3n) is 1.70. The van der Waals surface area contributed by atoms with Crippen LogP contribution in [0.25, 0.3) is 0 Å². The number of hydrogen-bond acceptors (Lipinski definition) is 3. The molecule has 0 aliphatic carbocycles. The Labute approximate surface area is 101 Å². The number of rotatable bonds is 3. The summed E-state index contributed by atoms with van der Waals surface area (Å²) in [6.45, 7) is 9.50. The molecule has 1 atom stereocenters. The van der Waals surface area contributed by atoms with Crippen molar-refractivity contribution in [1.29, 1.82) is 0 Å².